The zero-order chi connectivity index (χ0) is 15.6. The first-order valence-corrected chi connectivity index (χ1v) is 6.83. The number of halogens is 1. The average Bonchev–Trinajstić information content (AvgIpc) is 2.91. The van der Waals surface area contributed by atoms with Gasteiger partial charge in [-0.1, -0.05) is 20.8 Å². The van der Waals surface area contributed by atoms with Crippen molar-refractivity contribution in [2.24, 2.45) is 0 Å². The first kappa shape index (κ1) is 15.2. The minimum Gasteiger partial charge on any atom is -0.306 e. The first-order valence-electron chi connectivity index (χ1n) is 6.83. The van der Waals surface area contributed by atoms with Gasteiger partial charge in [0.1, 0.15) is 11.6 Å². The van der Waals surface area contributed by atoms with Crippen LogP contribution in [0, 0.1) is 5.82 Å². The van der Waals surface area contributed by atoms with E-state index < -0.39 is 0 Å². The van der Waals surface area contributed by atoms with Crippen LogP contribution in [0.4, 0.5) is 10.1 Å². The lowest BCUT2D eigenvalue weighted by Gasteiger charge is -2.19. The van der Waals surface area contributed by atoms with Gasteiger partial charge in [-0.2, -0.15) is 0 Å². The van der Waals surface area contributed by atoms with Gasteiger partial charge in [0.05, 0.1) is 0 Å². The van der Waals surface area contributed by atoms with Gasteiger partial charge in [-0.3, -0.25) is 9.89 Å². The molecule has 0 bridgehead atoms. The van der Waals surface area contributed by atoms with Crippen molar-refractivity contribution >= 4 is 11.6 Å². The van der Waals surface area contributed by atoms with Gasteiger partial charge in [0.25, 0.3) is 5.91 Å². The van der Waals surface area contributed by atoms with Crippen molar-refractivity contribution in [1.82, 2.24) is 15.2 Å². The predicted octanol–water partition coefficient (Wildman–Crippen LogP) is 2.91. The van der Waals surface area contributed by atoms with Crippen LogP contribution in [-0.4, -0.2) is 27.6 Å². The van der Waals surface area contributed by atoms with Crippen LogP contribution in [-0.2, 0) is 5.41 Å². The van der Waals surface area contributed by atoms with Crippen molar-refractivity contribution in [2.45, 2.75) is 33.1 Å². The van der Waals surface area contributed by atoms with Crippen LogP contribution >= 0.6 is 0 Å². The number of hydrogen-bond acceptors (Lipinski definition) is 3. The van der Waals surface area contributed by atoms with Gasteiger partial charge in [-0.25, -0.2) is 9.37 Å². The molecule has 2 rings (SSSR count). The van der Waals surface area contributed by atoms with E-state index in [-0.39, 0.29) is 23.0 Å². The fourth-order valence-electron chi connectivity index (χ4n) is 1.88. The van der Waals surface area contributed by atoms with Crippen molar-refractivity contribution in [3.05, 3.63) is 41.7 Å². The summed E-state index contributed by atoms with van der Waals surface area (Å²) in [6.07, 6.45) is 0. The van der Waals surface area contributed by atoms with E-state index in [1.165, 1.54) is 17.0 Å². The zero-order valence-electron chi connectivity index (χ0n) is 12.6. The highest BCUT2D eigenvalue weighted by Gasteiger charge is 2.24. The number of hydrogen-bond donors (Lipinski definition) is 1. The molecule has 2 aromatic rings. The monoisotopic (exact) mass is 290 g/mol. The molecule has 1 aromatic heterocycles. The lowest BCUT2D eigenvalue weighted by molar-refractivity contribution is 0.0978. The molecule has 0 fully saturated rings. The third kappa shape index (κ3) is 3.26. The van der Waals surface area contributed by atoms with E-state index >= 15 is 0 Å². The normalized spacial score (nSPS) is 11.5. The number of aromatic nitrogens is 3. The fraction of sp³-hybridized carbons (Fsp3) is 0.400. The summed E-state index contributed by atoms with van der Waals surface area (Å²) >= 11 is 0. The van der Waals surface area contributed by atoms with E-state index in [1.807, 2.05) is 27.7 Å². The van der Waals surface area contributed by atoms with E-state index in [2.05, 4.69) is 15.2 Å². The molecule has 6 heteroatoms. The Bertz CT molecular complexity index is 628. The Morgan fingerprint density at radius 1 is 1.29 bits per heavy atom. The number of anilines is 1. The number of amides is 1. The number of nitrogens with one attached hydrogen (secondary N) is 1. The van der Waals surface area contributed by atoms with Crippen molar-refractivity contribution in [1.29, 1.82) is 0 Å². The minimum atomic E-state index is -0.338. The Morgan fingerprint density at radius 3 is 2.38 bits per heavy atom. The van der Waals surface area contributed by atoms with E-state index in [0.29, 0.717) is 18.1 Å². The van der Waals surface area contributed by atoms with Crippen LogP contribution < -0.4 is 4.90 Å². The van der Waals surface area contributed by atoms with E-state index in [4.69, 9.17) is 0 Å². The van der Waals surface area contributed by atoms with Crippen LogP contribution in [0.5, 0.6) is 0 Å². The molecule has 5 nitrogen and oxygen atoms in total. The van der Waals surface area contributed by atoms with Crippen LogP contribution in [0.1, 0.15) is 44.1 Å². The molecule has 112 valence electrons. The van der Waals surface area contributed by atoms with Crippen molar-refractivity contribution in [2.75, 3.05) is 11.4 Å². The molecule has 1 amide bonds. The molecular weight excluding hydrogens is 271 g/mol. The lowest BCUT2D eigenvalue weighted by atomic mass is 9.96. The van der Waals surface area contributed by atoms with Crippen LogP contribution in [0.3, 0.4) is 0 Å². The Balaban J connectivity index is 2.28. The number of rotatable bonds is 3. The molecule has 0 saturated heterocycles. The summed E-state index contributed by atoms with van der Waals surface area (Å²) in [7, 11) is 0. The summed E-state index contributed by atoms with van der Waals surface area (Å²) in [5.41, 5.74) is 0.407. The van der Waals surface area contributed by atoms with E-state index in [0.717, 1.165) is 0 Å². The Labute approximate surface area is 123 Å². The van der Waals surface area contributed by atoms with Crippen LogP contribution in [0.15, 0.2) is 24.3 Å². The summed E-state index contributed by atoms with van der Waals surface area (Å²) in [5.74, 6) is 0.123. The van der Waals surface area contributed by atoms with Gasteiger partial charge in [-0.05, 0) is 31.2 Å². The van der Waals surface area contributed by atoms with Crippen LogP contribution in [0.25, 0.3) is 0 Å². The van der Waals surface area contributed by atoms with Gasteiger partial charge in [-0.15, -0.1) is 5.10 Å². The molecule has 1 heterocycles. The average molecular weight is 290 g/mol. The number of benzene rings is 1. The highest BCUT2D eigenvalue weighted by molar-refractivity contribution is 6.03. The topological polar surface area (TPSA) is 61.9 Å². The Hall–Kier alpha value is -2.24. The van der Waals surface area contributed by atoms with Gasteiger partial charge < -0.3 is 4.90 Å². The largest absolute Gasteiger partial charge is 0.306 e. The standard InChI is InChI=1S/C15H19FN4O/c1-5-20(11-8-6-10(16)7-9-11)13(21)12-17-14(19-18-12)15(2,3)4/h6-9H,5H2,1-4H3,(H,17,18,19). The maximum atomic E-state index is 13.0. The number of nitrogens with zero attached hydrogens (tertiary/aromatic N) is 3. The molecule has 0 spiro atoms. The second-order valence-electron chi connectivity index (χ2n) is 5.78. The van der Waals surface area contributed by atoms with Gasteiger partial charge >= 0.3 is 0 Å². The van der Waals surface area contributed by atoms with Gasteiger partial charge in [0, 0.05) is 17.6 Å². The zero-order valence-corrected chi connectivity index (χ0v) is 12.6. The Kier molecular flexibility index (Phi) is 4.06. The van der Waals surface area contributed by atoms with E-state index in [9.17, 15) is 9.18 Å². The number of aromatic amines is 1. The molecule has 1 N–H and O–H groups in total. The summed E-state index contributed by atoms with van der Waals surface area (Å²) in [6.45, 7) is 8.25. The van der Waals surface area contributed by atoms with Gasteiger partial charge in [0.15, 0.2) is 0 Å². The third-order valence-electron chi connectivity index (χ3n) is 3.09. The molecule has 0 saturated carbocycles. The molecule has 0 aliphatic carbocycles. The Morgan fingerprint density at radius 2 is 1.90 bits per heavy atom. The predicted molar refractivity (Wildman–Crippen MR) is 78.8 cm³/mol. The molecule has 21 heavy (non-hydrogen) atoms. The fourth-order valence-corrected chi connectivity index (χ4v) is 1.88. The SMILES string of the molecule is CCN(C(=O)c1n[nH]c(C(C)(C)C)n1)c1ccc(F)cc1. The molecule has 0 radical (unpaired) electrons. The molecule has 0 atom stereocenters. The summed E-state index contributed by atoms with van der Waals surface area (Å²) in [5, 5.41) is 6.79. The number of H-pyrrole nitrogens is 1. The second kappa shape index (κ2) is 5.63. The maximum Gasteiger partial charge on any atom is 0.297 e. The van der Waals surface area contributed by atoms with Crippen molar-refractivity contribution in [3.63, 3.8) is 0 Å². The first-order chi connectivity index (χ1) is 9.82. The number of carbonyl (C=O) groups excluding carboxylic acids is 1. The molecular formula is C15H19FN4O. The van der Waals surface area contributed by atoms with E-state index in [1.54, 1.807) is 12.1 Å². The second-order valence-corrected chi connectivity index (χ2v) is 5.78. The van der Waals surface area contributed by atoms with Gasteiger partial charge in [0.2, 0.25) is 5.82 Å². The third-order valence-corrected chi connectivity index (χ3v) is 3.09. The summed E-state index contributed by atoms with van der Waals surface area (Å²) in [6, 6.07) is 5.77. The molecule has 0 aliphatic heterocycles. The van der Waals surface area contributed by atoms with Crippen molar-refractivity contribution < 1.29 is 9.18 Å². The molecule has 1 aromatic carbocycles. The quantitative estimate of drug-likeness (QED) is 0.945. The highest BCUT2D eigenvalue weighted by atomic mass is 19.1. The van der Waals surface area contributed by atoms with Crippen molar-refractivity contribution in [3.8, 4) is 0 Å². The molecule has 0 unspecified atom stereocenters. The molecule has 0 aliphatic rings. The minimum absolute atomic E-state index is 0.117. The summed E-state index contributed by atoms with van der Waals surface area (Å²) < 4.78 is 13.0. The smallest absolute Gasteiger partial charge is 0.297 e. The number of carbonyl (C=O) groups is 1. The maximum absolute atomic E-state index is 13.0. The lowest BCUT2D eigenvalue weighted by Crippen LogP contribution is -2.31. The van der Waals surface area contributed by atoms with Crippen LogP contribution in [0.2, 0.25) is 0 Å². The highest BCUT2D eigenvalue weighted by Crippen LogP contribution is 2.20. The summed E-state index contributed by atoms with van der Waals surface area (Å²) in [4.78, 5) is 18.3.